The number of carbonyl (C=O) groups is 1. The number of amidine groups is 1. The zero-order valence-electron chi connectivity index (χ0n) is 5.44. The average Bonchev–Trinajstić information content (AvgIpc) is 1.85. The van der Waals surface area contributed by atoms with Crippen LogP contribution in [0.4, 0.5) is 4.39 Å². The summed E-state index contributed by atoms with van der Waals surface area (Å²) in [6.45, 7) is 1.18. The highest BCUT2D eigenvalue weighted by atomic mass is 19.1. The van der Waals surface area contributed by atoms with Gasteiger partial charge in [-0.15, -0.1) is 0 Å². The van der Waals surface area contributed by atoms with Crippen molar-refractivity contribution in [2.75, 3.05) is 0 Å². The van der Waals surface area contributed by atoms with Crippen LogP contribution in [-0.2, 0) is 4.79 Å². The Morgan fingerprint density at radius 1 is 1.80 bits per heavy atom. The third-order valence-electron chi connectivity index (χ3n) is 0.686. The van der Waals surface area contributed by atoms with Crippen molar-refractivity contribution in [3.63, 3.8) is 0 Å². The van der Waals surface area contributed by atoms with Gasteiger partial charge in [0.25, 0.3) is 0 Å². The minimum atomic E-state index is -0.949. The van der Waals surface area contributed by atoms with Gasteiger partial charge >= 0.3 is 0 Å². The topological polar surface area (TPSA) is 79.0 Å². The fraction of sp³-hybridized carbons (Fsp3) is 0.200. The van der Waals surface area contributed by atoms with E-state index in [9.17, 15) is 9.18 Å². The Morgan fingerprint density at radius 2 is 2.30 bits per heavy atom. The fourth-order valence-electron chi connectivity index (χ4n) is 0.319. The highest BCUT2D eigenvalue weighted by Crippen LogP contribution is 1.91. The van der Waals surface area contributed by atoms with Gasteiger partial charge in [-0.25, -0.2) is 4.39 Å². The summed E-state index contributed by atoms with van der Waals surface area (Å²) in [5.41, 5.74) is 4.72. The predicted octanol–water partition coefficient (Wildman–Crippen LogP) is -0.131. The first-order valence-corrected chi connectivity index (χ1v) is 2.52. The smallest absolute Gasteiger partial charge is 0.222 e. The van der Waals surface area contributed by atoms with E-state index in [1.807, 2.05) is 5.32 Å². The summed E-state index contributed by atoms with van der Waals surface area (Å²) in [5.74, 6) is -2.06. The van der Waals surface area contributed by atoms with Gasteiger partial charge in [0.2, 0.25) is 5.91 Å². The molecule has 56 valence electrons. The summed E-state index contributed by atoms with van der Waals surface area (Å²) in [5, 5.41) is 8.68. The molecule has 0 rings (SSSR count). The van der Waals surface area contributed by atoms with E-state index in [0.717, 1.165) is 0 Å². The van der Waals surface area contributed by atoms with Gasteiger partial charge in [0.15, 0.2) is 11.7 Å². The van der Waals surface area contributed by atoms with Crippen molar-refractivity contribution in [3.8, 4) is 0 Å². The first-order valence-electron chi connectivity index (χ1n) is 2.52. The number of amides is 1. The lowest BCUT2D eigenvalue weighted by Crippen LogP contribution is -2.27. The Bertz CT molecular complexity index is 187. The van der Waals surface area contributed by atoms with Crippen LogP contribution in [0.2, 0.25) is 0 Å². The molecule has 0 unspecified atom stereocenters. The number of carbonyl (C=O) groups excluding carboxylic acids is 1. The van der Waals surface area contributed by atoms with Gasteiger partial charge in [-0.3, -0.25) is 10.2 Å². The minimum absolute atomic E-state index is 0.498. The van der Waals surface area contributed by atoms with E-state index >= 15 is 0 Å². The molecule has 4 N–H and O–H groups in total. The number of nitrogens with two attached hydrogens (primary N) is 1. The number of hydrogen-bond acceptors (Lipinski definition) is 3. The van der Waals surface area contributed by atoms with Gasteiger partial charge < -0.3 is 11.1 Å². The van der Waals surface area contributed by atoms with Crippen LogP contribution in [0.3, 0.4) is 0 Å². The fourth-order valence-corrected chi connectivity index (χ4v) is 0.319. The molecule has 0 aliphatic carbocycles. The molecule has 0 aromatic heterocycles. The summed E-state index contributed by atoms with van der Waals surface area (Å²) in [6.07, 6.45) is 0.609. The van der Waals surface area contributed by atoms with Crippen molar-refractivity contribution in [3.05, 3.63) is 12.0 Å². The second kappa shape index (κ2) is 3.60. The maximum Gasteiger partial charge on any atom is 0.222 e. The molecule has 0 heterocycles. The van der Waals surface area contributed by atoms with Gasteiger partial charge in [-0.1, -0.05) is 0 Å². The number of rotatable bonds is 1. The minimum Gasteiger partial charge on any atom is -0.402 e. The molecular formula is C5H8FN3O. The van der Waals surface area contributed by atoms with Crippen molar-refractivity contribution in [1.82, 2.24) is 5.32 Å². The maximum atomic E-state index is 12.2. The maximum absolute atomic E-state index is 12.2. The highest BCUT2D eigenvalue weighted by Gasteiger charge is 2.03. The van der Waals surface area contributed by atoms with Crippen LogP contribution in [0, 0.1) is 5.41 Å². The van der Waals surface area contributed by atoms with E-state index in [0.29, 0.717) is 6.20 Å². The Morgan fingerprint density at radius 3 is 2.60 bits per heavy atom. The first-order chi connectivity index (χ1) is 4.57. The molecule has 5 heteroatoms. The van der Waals surface area contributed by atoms with Crippen molar-refractivity contribution in [1.29, 1.82) is 5.41 Å². The van der Waals surface area contributed by atoms with Crippen LogP contribution in [-0.4, -0.2) is 11.7 Å². The second-order valence-electron chi connectivity index (χ2n) is 1.57. The molecule has 0 fully saturated rings. The van der Waals surface area contributed by atoms with Crippen LogP contribution in [0.5, 0.6) is 0 Å². The third-order valence-corrected chi connectivity index (χ3v) is 0.686. The van der Waals surface area contributed by atoms with Crippen molar-refractivity contribution < 1.29 is 9.18 Å². The van der Waals surface area contributed by atoms with E-state index in [1.54, 1.807) is 0 Å². The van der Waals surface area contributed by atoms with E-state index in [-0.39, 0.29) is 0 Å². The largest absolute Gasteiger partial charge is 0.402 e. The summed E-state index contributed by atoms with van der Waals surface area (Å²) >= 11 is 0. The lowest BCUT2D eigenvalue weighted by Gasteiger charge is -1.98. The molecule has 0 atom stereocenters. The molecule has 4 nitrogen and oxygen atoms in total. The second-order valence-corrected chi connectivity index (χ2v) is 1.57. The Kier molecular flexibility index (Phi) is 3.10. The van der Waals surface area contributed by atoms with E-state index < -0.39 is 17.6 Å². The molecule has 0 radical (unpaired) electrons. The molecule has 0 aromatic carbocycles. The molecule has 0 aliphatic rings. The molecule has 0 aromatic rings. The Labute approximate surface area is 57.4 Å². The molecular weight excluding hydrogens is 137 g/mol. The van der Waals surface area contributed by atoms with Crippen LogP contribution in [0.15, 0.2) is 12.0 Å². The van der Waals surface area contributed by atoms with Gasteiger partial charge in [0.05, 0.1) is 0 Å². The number of hydrogen-bond donors (Lipinski definition) is 3. The monoisotopic (exact) mass is 145 g/mol. The van der Waals surface area contributed by atoms with Crippen molar-refractivity contribution in [2.45, 2.75) is 6.92 Å². The molecule has 1 amide bonds. The Hall–Kier alpha value is -1.39. The van der Waals surface area contributed by atoms with Gasteiger partial charge in [0, 0.05) is 13.1 Å². The van der Waals surface area contributed by atoms with Crippen LogP contribution >= 0.6 is 0 Å². The van der Waals surface area contributed by atoms with Crippen molar-refractivity contribution >= 4 is 11.7 Å². The summed E-state index contributed by atoms with van der Waals surface area (Å²) < 4.78 is 12.2. The van der Waals surface area contributed by atoms with Gasteiger partial charge in [0.1, 0.15) is 0 Å². The van der Waals surface area contributed by atoms with Crippen LogP contribution in [0.1, 0.15) is 6.92 Å². The van der Waals surface area contributed by atoms with Crippen LogP contribution < -0.4 is 11.1 Å². The quantitative estimate of drug-likeness (QED) is 0.355. The molecule has 10 heavy (non-hydrogen) atoms. The average molecular weight is 145 g/mol. The van der Waals surface area contributed by atoms with E-state index in [1.165, 1.54) is 6.92 Å². The lowest BCUT2D eigenvalue weighted by atomic mass is 10.5. The molecule has 0 saturated carbocycles. The normalized spacial score (nSPS) is 10.8. The zero-order chi connectivity index (χ0) is 8.15. The zero-order valence-corrected chi connectivity index (χ0v) is 5.44. The molecule has 0 aliphatic heterocycles. The van der Waals surface area contributed by atoms with Gasteiger partial charge in [-0.2, -0.15) is 0 Å². The summed E-state index contributed by atoms with van der Waals surface area (Å²) in [4.78, 5) is 10.2. The van der Waals surface area contributed by atoms with E-state index in [2.05, 4.69) is 0 Å². The summed E-state index contributed by atoms with van der Waals surface area (Å²) in [7, 11) is 0. The van der Waals surface area contributed by atoms with E-state index in [4.69, 9.17) is 11.1 Å². The lowest BCUT2D eigenvalue weighted by molar-refractivity contribution is -0.117. The Balaban J connectivity index is 3.99. The first kappa shape index (κ1) is 8.61. The molecule has 0 saturated heterocycles. The number of nitrogens with one attached hydrogen (secondary N) is 2. The summed E-state index contributed by atoms with van der Waals surface area (Å²) in [6, 6.07) is 0. The standard InChI is InChI=1S/C5H8FN3O/c1-3(10)9-5(8)4(6)2-7/h2H,7H2,1H3,(H2,8,9,10). The van der Waals surface area contributed by atoms with Crippen LogP contribution in [0.25, 0.3) is 0 Å². The van der Waals surface area contributed by atoms with Gasteiger partial charge in [-0.05, 0) is 0 Å². The van der Waals surface area contributed by atoms with Crippen molar-refractivity contribution in [2.24, 2.45) is 5.73 Å². The SMILES string of the molecule is CC(=O)NC(=N)C(F)=CN. The highest BCUT2D eigenvalue weighted by molar-refractivity contribution is 6.03. The number of halogens is 1. The molecule has 0 spiro atoms. The predicted molar refractivity (Wildman–Crippen MR) is 34.9 cm³/mol. The third kappa shape index (κ3) is 2.81. The molecule has 0 bridgehead atoms.